The molecule has 1 aliphatic rings. The summed E-state index contributed by atoms with van der Waals surface area (Å²) in [6.07, 6.45) is 1.96. The average Bonchev–Trinajstić information content (AvgIpc) is 3.06. The van der Waals surface area contributed by atoms with E-state index >= 15 is 0 Å². The zero-order chi connectivity index (χ0) is 18.3. The number of aliphatic hydroxyl groups excluding tert-OH is 1. The minimum atomic E-state index is -0.515. The lowest BCUT2D eigenvalue weighted by Gasteiger charge is -2.29. The molecule has 1 aromatic rings. The number of hydrogen-bond donors (Lipinski definition) is 1. The van der Waals surface area contributed by atoms with Gasteiger partial charge in [-0.2, -0.15) is 0 Å². The topological polar surface area (TPSA) is 51.2 Å². The van der Waals surface area contributed by atoms with Crippen molar-refractivity contribution in [1.82, 2.24) is 4.90 Å². The van der Waals surface area contributed by atoms with E-state index in [0.717, 1.165) is 38.3 Å². The quantitative estimate of drug-likeness (QED) is 0.741. The minimum Gasteiger partial charge on any atom is -0.497 e. The molecule has 25 heavy (non-hydrogen) atoms. The van der Waals surface area contributed by atoms with Gasteiger partial charge in [0.05, 0.1) is 31.5 Å². The van der Waals surface area contributed by atoms with E-state index < -0.39 is 6.10 Å². The van der Waals surface area contributed by atoms with Crippen LogP contribution in [0.3, 0.4) is 0 Å². The highest BCUT2D eigenvalue weighted by Crippen LogP contribution is 2.17. The lowest BCUT2D eigenvalue weighted by Crippen LogP contribution is -2.40. The van der Waals surface area contributed by atoms with Gasteiger partial charge in [0.2, 0.25) is 0 Å². The van der Waals surface area contributed by atoms with Gasteiger partial charge < -0.3 is 19.3 Å². The number of aliphatic hydroxyl groups is 1. The Hall–Kier alpha value is -1.14. The fourth-order valence-electron chi connectivity index (χ4n) is 2.97. The molecule has 1 aromatic carbocycles. The van der Waals surface area contributed by atoms with Crippen LogP contribution >= 0.6 is 0 Å². The lowest BCUT2D eigenvalue weighted by molar-refractivity contribution is -0.0594. The van der Waals surface area contributed by atoms with Gasteiger partial charge >= 0.3 is 0 Å². The third-order valence-corrected chi connectivity index (χ3v) is 4.23. The van der Waals surface area contributed by atoms with E-state index in [1.165, 1.54) is 5.56 Å². The molecular formula is C20H33NO4. The van der Waals surface area contributed by atoms with Crippen LogP contribution in [-0.4, -0.2) is 61.2 Å². The van der Waals surface area contributed by atoms with Gasteiger partial charge in [-0.05, 0) is 51.3 Å². The first-order valence-corrected chi connectivity index (χ1v) is 9.14. The summed E-state index contributed by atoms with van der Waals surface area (Å²) in [5.41, 5.74) is 0.957. The molecule has 0 bridgehead atoms. The fraction of sp³-hybridized carbons (Fsp3) is 0.700. The van der Waals surface area contributed by atoms with Gasteiger partial charge in [-0.25, -0.2) is 0 Å². The maximum Gasteiger partial charge on any atom is 0.118 e. The van der Waals surface area contributed by atoms with Crippen molar-refractivity contribution < 1.29 is 19.3 Å². The van der Waals surface area contributed by atoms with Crippen LogP contribution in [0.5, 0.6) is 5.75 Å². The third kappa shape index (κ3) is 7.74. The summed E-state index contributed by atoms with van der Waals surface area (Å²) in [5.74, 6) is 0.855. The van der Waals surface area contributed by atoms with E-state index in [-0.39, 0.29) is 11.7 Å². The van der Waals surface area contributed by atoms with E-state index in [1.807, 2.05) is 32.9 Å². The Morgan fingerprint density at radius 2 is 2.00 bits per heavy atom. The molecule has 0 amide bonds. The monoisotopic (exact) mass is 351 g/mol. The predicted molar refractivity (Wildman–Crippen MR) is 99.0 cm³/mol. The van der Waals surface area contributed by atoms with Gasteiger partial charge in [0, 0.05) is 26.2 Å². The summed E-state index contributed by atoms with van der Waals surface area (Å²) in [6.45, 7) is 9.37. The number of hydrogen-bond acceptors (Lipinski definition) is 5. The molecule has 0 radical (unpaired) electrons. The Morgan fingerprint density at radius 1 is 1.28 bits per heavy atom. The molecular weight excluding hydrogens is 318 g/mol. The number of nitrogens with zero attached hydrogens (tertiary/aromatic N) is 1. The van der Waals surface area contributed by atoms with Crippen LogP contribution in [0.2, 0.25) is 0 Å². The number of methoxy groups -OCH3 is 1. The van der Waals surface area contributed by atoms with Crippen LogP contribution in [0.4, 0.5) is 0 Å². The summed E-state index contributed by atoms with van der Waals surface area (Å²) < 4.78 is 16.7. The molecule has 0 aliphatic carbocycles. The SMILES string of the molecule is COc1ccc(CN(C[C@H](O)COC(C)(C)C)C[C@H]2CCCO2)cc1. The van der Waals surface area contributed by atoms with Crippen LogP contribution in [0.15, 0.2) is 24.3 Å². The highest BCUT2D eigenvalue weighted by atomic mass is 16.5. The molecule has 2 atom stereocenters. The Morgan fingerprint density at radius 3 is 2.56 bits per heavy atom. The minimum absolute atomic E-state index is 0.240. The van der Waals surface area contributed by atoms with Crippen LogP contribution in [0.25, 0.3) is 0 Å². The molecule has 5 heteroatoms. The third-order valence-electron chi connectivity index (χ3n) is 4.23. The van der Waals surface area contributed by atoms with Crippen molar-refractivity contribution in [1.29, 1.82) is 0 Å². The number of ether oxygens (including phenoxy) is 3. The second-order valence-corrected chi connectivity index (χ2v) is 7.75. The molecule has 0 saturated carbocycles. The largest absolute Gasteiger partial charge is 0.497 e. The molecule has 1 fully saturated rings. The van der Waals surface area contributed by atoms with E-state index in [1.54, 1.807) is 7.11 Å². The van der Waals surface area contributed by atoms with E-state index in [9.17, 15) is 5.11 Å². The van der Waals surface area contributed by atoms with Crippen molar-refractivity contribution in [3.63, 3.8) is 0 Å². The molecule has 0 spiro atoms. The smallest absolute Gasteiger partial charge is 0.118 e. The first-order chi connectivity index (χ1) is 11.9. The van der Waals surface area contributed by atoms with Gasteiger partial charge in [0.1, 0.15) is 5.75 Å². The first-order valence-electron chi connectivity index (χ1n) is 9.14. The van der Waals surface area contributed by atoms with E-state index in [0.29, 0.717) is 13.2 Å². The van der Waals surface area contributed by atoms with Gasteiger partial charge in [-0.3, -0.25) is 4.90 Å². The molecule has 0 unspecified atom stereocenters. The van der Waals surface area contributed by atoms with Crippen LogP contribution < -0.4 is 4.74 Å². The summed E-state index contributed by atoms with van der Waals surface area (Å²) in [4.78, 5) is 2.26. The molecule has 1 heterocycles. The maximum atomic E-state index is 10.4. The lowest BCUT2D eigenvalue weighted by atomic mass is 10.1. The van der Waals surface area contributed by atoms with Crippen molar-refractivity contribution in [3.05, 3.63) is 29.8 Å². The Labute approximate surface area is 151 Å². The van der Waals surface area contributed by atoms with Crippen LogP contribution in [-0.2, 0) is 16.0 Å². The van der Waals surface area contributed by atoms with Crippen LogP contribution in [0.1, 0.15) is 39.2 Å². The maximum absolute atomic E-state index is 10.4. The second kappa shape index (κ2) is 9.53. The first kappa shape index (κ1) is 20.2. The summed E-state index contributed by atoms with van der Waals surface area (Å²) in [7, 11) is 1.67. The molecule has 2 rings (SSSR count). The summed E-state index contributed by atoms with van der Waals surface area (Å²) >= 11 is 0. The molecule has 1 saturated heterocycles. The number of benzene rings is 1. The zero-order valence-electron chi connectivity index (χ0n) is 16.0. The fourth-order valence-corrected chi connectivity index (χ4v) is 2.97. The molecule has 1 aliphatic heterocycles. The summed E-state index contributed by atoms with van der Waals surface area (Å²) in [6, 6.07) is 8.08. The highest BCUT2D eigenvalue weighted by molar-refractivity contribution is 5.27. The zero-order valence-corrected chi connectivity index (χ0v) is 16.0. The van der Waals surface area contributed by atoms with Gasteiger partial charge in [-0.1, -0.05) is 12.1 Å². The standard InChI is InChI=1S/C20H33NO4/c1-20(2,3)25-15-17(22)13-21(14-19-6-5-11-24-19)12-16-7-9-18(23-4)10-8-16/h7-10,17,19,22H,5-6,11-15H2,1-4H3/t17-,19+/m0/s1. The Kier molecular flexibility index (Phi) is 7.69. The molecule has 5 nitrogen and oxygen atoms in total. The normalized spacial score (nSPS) is 19.4. The second-order valence-electron chi connectivity index (χ2n) is 7.75. The van der Waals surface area contributed by atoms with Crippen LogP contribution in [0, 0.1) is 0 Å². The van der Waals surface area contributed by atoms with E-state index in [4.69, 9.17) is 14.2 Å². The van der Waals surface area contributed by atoms with Gasteiger partial charge in [-0.15, -0.1) is 0 Å². The Bertz CT molecular complexity index is 491. The highest BCUT2D eigenvalue weighted by Gasteiger charge is 2.22. The van der Waals surface area contributed by atoms with Crippen molar-refractivity contribution >= 4 is 0 Å². The van der Waals surface area contributed by atoms with E-state index in [2.05, 4.69) is 17.0 Å². The van der Waals surface area contributed by atoms with Crippen molar-refractivity contribution in [3.8, 4) is 5.75 Å². The van der Waals surface area contributed by atoms with Crippen molar-refractivity contribution in [2.45, 2.75) is 58.0 Å². The van der Waals surface area contributed by atoms with Crippen molar-refractivity contribution in [2.24, 2.45) is 0 Å². The average molecular weight is 351 g/mol. The molecule has 142 valence electrons. The van der Waals surface area contributed by atoms with Crippen molar-refractivity contribution in [2.75, 3.05) is 33.4 Å². The van der Waals surface area contributed by atoms with Gasteiger partial charge in [0.25, 0.3) is 0 Å². The Balaban J connectivity index is 1.93. The molecule has 1 N–H and O–H groups in total. The number of rotatable bonds is 9. The molecule has 0 aromatic heterocycles. The summed E-state index contributed by atoms with van der Waals surface area (Å²) in [5, 5.41) is 10.4. The predicted octanol–water partition coefficient (Wildman–Crippen LogP) is 2.85. The van der Waals surface area contributed by atoms with Gasteiger partial charge in [0.15, 0.2) is 0 Å².